The van der Waals surface area contributed by atoms with E-state index in [1.165, 1.54) is 82.1 Å². The fourth-order valence-electron chi connectivity index (χ4n) is 6.84. The first-order valence-corrected chi connectivity index (χ1v) is 15.3. The van der Waals surface area contributed by atoms with Gasteiger partial charge in [0.2, 0.25) is 0 Å². The predicted molar refractivity (Wildman–Crippen MR) is 185 cm³/mol. The molecule has 0 spiro atoms. The van der Waals surface area contributed by atoms with Gasteiger partial charge in [0.15, 0.2) is 0 Å². The molecule has 204 valence electrons. The third kappa shape index (κ3) is 4.57. The molecule has 7 aromatic rings. The molecule has 8 rings (SSSR count). The summed E-state index contributed by atoms with van der Waals surface area (Å²) in [7, 11) is 0. The molecule has 0 aliphatic heterocycles. The van der Waals surface area contributed by atoms with Crippen molar-refractivity contribution in [3.8, 4) is 44.5 Å². The molecule has 7 aromatic carbocycles. The molecule has 0 radical (unpaired) electrons. The maximum atomic E-state index is 2.44. The average molecular weight is 549 g/mol. The van der Waals surface area contributed by atoms with E-state index in [2.05, 4.69) is 159 Å². The Morgan fingerprint density at radius 1 is 0.349 bits per heavy atom. The van der Waals surface area contributed by atoms with Crippen molar-refractivity contribution in [2.75, 3.05) is 0 Å². The lowest BCUT2D eigenvalue weighted by atomic mass is 9.90. The summed E-state index contributed by atoms with van der Waals surface area (Å²) in [6, 6.07) is 51.2. The van der Waals surface area contributed by atoms with E-state index >= 15 is 0 Å². The van der Waals surface area contributed by atoms with Gasteiger partial charge in [-0.2, -0.15) is 0 Å². The molecule has 0 atom stereocenters. The Bertz CT molecular complexity index is 2270. The van der Waals surface area contributed by atoms with Gasteiger partial charge in [-0.1, -0.05) is 140 Å². The van der Waals surface area contributed by atoms with E-state index in [4.69, 9.17) is 0 Å². The van der Waals surface area contributed by atoms with Crippen molar-refractivity contribution in [3.63, 3.8) is 0 Å². The molecule has 0 amide bonds. The van der Waals surface area contributed by atoms with Crippen LogP contribution >= 0.6 is 0 Å². The highest BCUT2D eigenvalue weighted by atomic mass is 14.2. The summed E-state index contributed by atoms with van der Waals surface area (Å²) in [5.41, 5.74) is 11.3. The van der Waals surface area contributed by atoms with E-state index in [1.807, 2.05) is 0 Å². The third-order valence-corrected chi connectivity index (χ3v) is 9.03. The van der Waals surface area contributed by atoms with Crippen molar-refractivity contribution >= 4 is 33.7 Å². The molecule has 0 heterocycles. The van der Waals surface area contributed by atoms with E-state index < -0.39 is 0 Å². The van der Waals surface area contributed by atoms with E-state index in [0.29, 0.717) is 0 Å². The molecule has 43 heavy (non-hydrogen) atoms. The second-order valence-electron chi connectivity index (χ2n) is 11.7. The number of hydrogen-bond acceptors (Lipinski definition) is 0. The highest BCUT2D eigenvalue weighted by Gasteiger charge is 2.11. The highest BCUT2D eigenvalue weighted by Crippen LogP contribution is 2.33. The van der Waals surface area contributed by atoms with Gasteiger partial charge >= 0.3 is 0 Å². The van der Waals surface area contributed by atoms with E-state index in [-0.39, 0.29) is 0 Å². The normalized spacial score (nSPS) is 12.5. The quantitative estimate of drug-likeness (QED) is 0.192. The van der Waals surface area contributed by atoms with Gasteiger partial charge in [-0.15, -0.1) is 0 Å². The second-order valence-corrected chi connectivity index (χ2v) is 11.7. The average Bonchev–Trinajstić information content (AvgIpc) is 3.09. The summed E-state index contributed by atoms with van der Waals surface area (Å²) in [4.78, 5) is 0. The zero-order chi connectivity index (χ0) is 28.8. The smallest absolute Gasteiger partial charge is 0.00961 e. The minimum absolute atomic E-state index is 1.11. The second kappa shape index (κ2) is 10.6. The standard InChI is InChI=1S/C43H32/c1-29-26-35(34-13-9-12-33(27-34)32-20-18-31(19-21-32)30-10-3-2-4-11-30)22-24-37(29)36-23-25-42-40-16-6-5-14-38(40)39-15-7-8-17-41(39)43(42)28-36/h2-6,9-28H,7-8H2,1H3. The van der Waals surface area contributed by atoms with Gasteiger partial charge in [0.1, 0.15) is 0 Å². The van der Waals surface area contributed by atoms with Crippen molar-refractivity contribution in [2.24, 2.45) is 0 Å². The Morgan fingerprint density at radius 2 is 0.860 bits per heavy atom. The SMILES string of the molecule is Cc1cc(-c2cccc(-c3ccc(-c4ccccc4)cc3)c2)ccc1-c1ccc2c(c1)c1c(c3ccccc32)=CCCC=1. The van der Waals surface area contributed by atoms with Crippen LogP contribution in [-0.2, 0) is 0 Å². The van der Waals surface area contributed by atoms with Crippen LogP contribution in [-0.4, -0.2) is 0 Å². The number of fused-ring (bicyclic) bond motifs is 6. The molecular formula is C43H32. The first-order valence-electron chi connectivity index (χ1n) is 15.3. The summed E-state index contributed by atoms with van der Waals surface area (Å²) < 4.78 is 0. The van der Waals surface area contributed by atoms with Gasteiger partial charge in [0.05, 0.1) is 0 Å². The largest absolute Gasteiger partial charge is 0.0757 e. The Kier molecular flexibility index (Phi) is 6.27. The molecule has 0 aromatic heterocycles. The van der Waals surface area contributed by atoms with Gasteiger partial charge in [0, 0.05) is 0 Å². The molecule has 0 saturated heterocycles. The topological polar surface area (TPSA) is 0 Å². The Labute approximate surface area is 252 Å². The molecule has 0 fully saturated rings. The molecule has 1 aliphatic rings. The van der Waals surface area contributed by atoms with Crippen LogP contribution in [0, 0.1) is 6.92 Å². The predicted octanol–water partition coefficient (Wildman–Crippen LogP) is 10.3. The minimum atomic E-state index is 1.11. The van der Waals surface area contributed by atoms with Crippen molar-refractivity contribution in [1.29, 1.82) is 0 Å². The van der Waals surface area contributed by atoms with Crippen molar-refractivity contribution < 1.29 is 0 Å². The number of hydrogen-bond donors (Lipinski definition) is 0. The van der Waals surface area contributed by atoms with Crippen molar-refractivity contribution in [2.45, 2.75) is 19.8 Å². The lowest BCUT2D eigenvalue weighted by molar-refractivity contribution is 1.13. The monoisotopic (exact) mass is 548 g/mol. The number of benzene rings is 7. The number of rotatable bonds is 4. The van der Waals surface area contributed by atoms with Gasteiger partial charge in [-0.05, 0) is 114 Å². The van der Waals surface area contributed by atoms with Crippen LogP contribution in [0.3, 0.4) is 0 Å². The van der Waals surface area contributed by atoms with Crippen LogP contribution in [0.1, 0.15) is 18.4 Å². The summed E-state index contributed by atoms with van der Waals surface area (Å²) in [5, 5.41) is 8.20. The lowest BCUT2D eigenvalue weighted by Gasteiger charge is -2.14. The van der Waals surface area contributed by atoms with E-state index in [9.17, 15) is 0 Å². The maximum absolute atomic E-state index is 2.44. The van der Waals surface area contributed by atoms with Crippen LogP contribution < -0.4 is 10.4 Å². The van der Waals surface area contributed by atoms with Crippen LogP contribution in [0.25, 0.3) is 78.2 Å². The van der Waals surface area contributed by atoms with Crippen LogP contribution in [0.2, 0.25) is 0 Å². The van der Waals surface area contributed by atoms with Crippen LogP contribution in [0.5, 0.6) is 0 Å². The Balaban J connectivity index is 1.15. The summed E-state index contributed by atoms with van der Waals surface area (Å²) in [6.07, 6.45) is 7.08. The summed E-state index contributed by atoms with van der Waals surface area (Å²) >= 11 is 0. The zero-order valence-electron chi connectivity index (χ0n) is 24.3. The van der Waals surface area contributed by atoms with E-state index in [0.717, 1.165) is 12.8 Å². The minimum Gasteiger partial charge on any atom is -0.0757 e. The number of aryl methyl sites for hydroxylation is 1. The Morgan fingerprint density at radius 3 is 1.60 bits per heavy atom. The van der Waals surface area contributed by atoms with E-state index in [1.54, 1.807) is 0 Å². The maximum Gasteiger partial charge on any atom is -0.00961 e. The van der Waals surface area contributed by atoms with Gasteiger partial charge in [-0.3, -0.25) is 0 Å². The fourth-order valence-corrected chi connectivity index (χ4v) is 6.84. The first-order chi connectivity index (χ1) is 21.2. The van der Waals surface area contributed by atoms with Gasteiger partial charge in [-0.25, -0.2) is 0 Å². The molecule has 0 N–H and O–H groups in total. The summed E-state index contributed by atoms with van der Waals surface area (Å²) in [6.45, 7) is 2.24. The molecule has 0 bridgehead atoms. The summed E-state index contributed by atoms with van der Waals surface area (Å²) in [5.74, 6) is 0. The molecule has 0 unspecified atom stereocenters. The zero-order valence-corrected chi connectivity index (χ0v) is 24.3. The lowest BCUT2D eigenvalue weighted by Crippen LogP contribution is -2.28. The third-order valence-electron chi connectivity index (χ3n) is 9.03. The first kappa shape index (κ1) is 25.5. The molecule has 0 heteroatoms. The molecule has 0 saturated carbocycles. The molecule has 0 nitrogen and oxygen atoms in total. The van der Waals surface area contributed by atoms with Crippen molar-refractivity contribution in [1.82, 2.24) is 0 Å². The van der Waals surface area contributed by atoms with Crippen molar-refractivity contribution in [3.05, 3.63) is 156 Å². The van der Waals surface area contributed by atoms with Gasteiger partial charge in [0.25, 0.3) is 0 Å². The van der Waals surface area contributed by atoms with Crippen LogP contribution in [0.15, 0.2) is 140 Å². The molecule has 1 aliphatic carbocycles. The highest BCUT2D eigenvalue weighted by molar-refractivity contribution is 6.09. The molecular weight excluding hydrogens is 516 g/mol. The van der Waals surface area contributed by atoms with Gasteiger partial charge < -0.3 is 0 Å². The van der Waals surface area contributed by atoms with Crippen LogP contribution in [0.4, 0.5) is 0 Å². The fraction of sp³-hybridized carbons (Fsp3) is 0.0698. The Hall–Kier alpha value is -5.20.